The summed E-state index contributed by atoms with van der Waals surface area (Å²) >= 11 is 0. The second-order valence-corrected chi connectivity index (χ2v) is 2.60. The molecule has 0 unspecified atom stereocenters. The van der Waals surface area contributed by atoms with E-state index in [2.05, 4.69) is 14.9 Å². The van der Waals surface area contributed by atoms with Crippen molar-refractivity contribution < 1.29 is 14.7 Å². The standard InChI is InChI=1S/C9H10N2O3/c1-6-4-3-5-7(10-6)8(11-13)9(12)14-2/h3-5,13H,1-2H3/b11-8+. The summed E-state index contributed by atoms with van der Waals surface area (Å²) in [5.41, 5.74) is 0.822. The van der Waals surface area contributed by atoms with Crippen LogP contribution in [0.5, 0.6) is 0 Å². The Hall–Kier alpha value is -1.91. The number of esters is 1. The van der Waals surface area contributed by atoms with Gasteiger partial charge >= 0.3 is 5.97 Å². The normalized spacial score (nSPS) is 11.1. The van der Waals surface area contributed by atoms with Crippen LogP contribution in [0.4, 0.5) is 0 Å². The number of carbonyl (C=O) groups excluding carboxylic acids is 1. The van der Waals surface area contributed by atoms with E-state index in [1.807, 2.05) is 0 Å². The fourth-order valence-corrected chi connectivity index (χ4v) is 0.968. The third-order valence-corrected chi connectivity index (χ3v) is 1.61. The molecule has 0 spiro atoms. The molecule has 0 atom stereocenters. The van der Waals surface area contributed by atoms with Gasteiger partial charge in [-0.25, -0.2) is 4.79 Å². The molecule has 0 aliphatic rings. The first-order chi connectivity index (χ1) is 6.69. The van der Waals surface area contributed by atoms with Crippen LogP contribution in [-0.4, -0.2) is 29.0 Å². The van der Waals surface area contributed by atoms with Gasteiger partial charge in [-0.15, -0.1) is 0 Å². The van der Waals surface area contributed by atoms with Crippen LogP contribution in [0.25, 0.3) is 0 Å². The molecule has 0 amide bonds. The molecule has 14 heavy (non-hydrogen) atoms. The summed E-state index contributed by atoms with van der Waals surface area (Å²) in [6.07, 6.45) is 0. The lowest BCUT2D eigenvalue weighted by atomic mass is 10.2. The van der Waals surface area contributed by atoms with Gasteiger partial charge in [-0.1, -0.05) is 11.2 Å². The number of carbonyl (C=O) groups is 1. The van der Waals surface area contributed by atoms with E-state index in [1.165, 1.54) is 7.11 Å². The highest BCUT2D eigenvalue weighted by molar-refractivity contribution is 6.42. The van der Waals surface area contributed by atoms with Gasteiger partial charge in [-0.05, 0) is 19.1 Å². The van der Waals surface area contributed by atoms with Gasteiger partial charge in [0.15, 0.2) is 0 Å². The molecule has 5 nitrogen and oxygen atoms in total. The average Bonchev–Trinajstić information content (AvgIpc) is 2.19. The molecule has 0 aromatic carbocycles. The molecule has 0 radical (unpaired) electrons. The summed E-state index contributed by atoms with van der Waals surface area (Å²) in [4.78, 5) is 15.1. The zero-order chi connectivity index (χ0) is 10.6. The summed E-state index contributed by atoms with van der Waals surface area (Å²) in [6.45, 7) is 1.77. The van der Waals surface area contributed by atoms with Crippen molar-refractivity contribution >= 4 is 11.7 Å². The molecule has 1 aromatic rings. The molecule has 1 rings (SSSR count). The fourth-order valence-electron chi connectivity index (χ4n) is 0.968. The maximum absolute atomic E-state index is 11.1. The van der Waals surface area contributed by atoms with E-state index in [4.69, 9.17) is 5.21 Å². The highest BCUT2D eigenvalue weighted by Crippen LogP contribution is 2.01. The van der Waals surface area contributed by atoms with Crippen LogP contribution in [0.15, 0.2) is 23.4 Å². The second kappa shape index (κ2) is 4.36. The Bertz CT molecular complexity index is 374. The molecule has 74 valence electrons. The molecule has 0 aliphatic carbocycles. The van der Waals surface area contributed by atoms with Crippen LogP contribution in [0, 0.1) is 6.92 Å². The molecule has 1 N–H and O–H groups in total. The van der Waals surface area contributed by atoms with Crippen LogP contribution >= 0.6 is 0 Å². The number of rotatable bonds is 2. The molecule has 0 fully saturated rings. The summed E-state index contributed by atoms with van der Waals surface area (Å²) in [6, 6.07) is 5.06. The lowest BCUT2D eigenvalue weighted by Crippen LogP contribution is -2.18. The van der Waals surface area contributed by atoms with E-state index in [-0.39, 0.29) is 5.71 Å². The topological polar surface area (TPSA) is 71.8 Å². The van der Waals surface area contributed by atoms with Crippen LogP contribution in [0.1, 0.15) is 11.4 Å². The Morgan fingerprint density at radius 2 is 2.29 bits per heavy atom. The third kappa shape index (κ3) is 2.07. The Morgan fingerprint density at radius 3 is 2.79 bits per heavy atom. The molecule has 1 heterocycles. The van der Waals surface area contributed by atoms with Gasteiger partial charge in [0.2, 0.25) is 5.71 Å². The molecule has 0 aliphatic heterocycles. The highest BCUT2D eigenvalue weighted by atomic mass is 16.5. The number of aryl methyl sites for hydroxylation is 1. The van der Waals surface area contributed by atoms with Crippen molar-refractivity contribution in [2.24, 2.45) is 5.16 Å². The quantitative estimate of drug-likeness (QED) is 0.326. The first-order valence-corrected chi connectivity index (χ1v) is 3.93. The number of pyridine rings is 1. The average molecular weight is 194 g/mol. The van der Waals surface area contributed by atoms with Crippen molar-refractivity contribution in [3.8, 4) is 0 Å². The van der Waals surface area contributed by atoms with Crippen LogP contribution in [0.2, 0.25) is 0 Å². The molecule has 5 heteroatoms. The first kappa shape index (κ1) is 10.2. The van der Waals surface area contributed by atoms with Crippen molar-refractivity contribution in [2.75, 3.05) is 7.11 Å². The minimum Gasteiger partial charge on any atom is -0.464 e. The van der Waals surface area contributed by atoms with Gasteiger partial charge in [0.1, 0.15) is 0 Å². The Balaban J connectivity index is 3.08. The van der Waals surface area contributed by atoms with Crippen molar-refractivity contribution in [2.45, 2.75) is 6.92 Å². The van der Waals surface area contributed by atoms with E-state index >= 15 is 0 Å². The van der Waals surface area contributed by atoms with Crippen LogP contribution in [-0.2, 0) is 9.53 Å². The zero-order valence-electron chi connectivity index (χ0n) is 7.89. The summed E-state index contributed by atoms with van der Waals surface area (Å²) in [5.74, 6) is -0.717. The monoisotopic (exact) mass is 194 g/mol. The number of methoxy groups -OCH3 is 1. The molecule has 0 saturated carbocycles. The molecular weight excluding hydrogens is 184 g/mol. The van der Waals surface area contributed by atoms with E-state index in [0.717, 1.165) is 5.69 Å². The molecule has 0 saturated heterocycles. The van der Waals surface area contributed by atoms with Gasteiger partial charge in [-0.2, -0.15) is 0 Å². The number of ether oxygens (including phenoxy) is 1. The summed E-state index contributed by atoms with van der Waals surface area (Å²) in [5, 5.41) is 11.5. The highest BCUT2D eigenvalue weighted by Gasteiger charge is 2.16. The van der Waals surface area contributed by atoms with Gasteiger partial charge in [-0.3, -0.25) is 4.98 Å². The molecule has 1 aromatic heterocycles. The second-order valence-electron chi connectivity index (χ2n) is 2.60. The van der Waals surface area contributed by atoms with Crippen LogP contribution < -0.4 is 0 Å². The summed E-state index contributed by atoms with van der Waals surface area (Å²) < 4.78 is 4.43. The molecule has 0 bridgehead atoms. The number of hydrogen-bond donors (Lipinski definition) is 1. The maximum Gasteiger partial charge on any atom is 0.362 e. The SMILES string of the molecule is COC(=O)/C(=N/O)c1cccc(C)n1. The van der Waals surface area contributed by atoms with Crippen molar-refractivity contribution in [3.63, 3.8) is 0 Å². The van der Waals surface area contributed by atoms with Gasteiger partial charge < -0.3 is 9.94 Å². The lowest BCUT2D eigenvalue weighted by Gasteiger charge is -2.01. The number of oxime groups is 1. The van der Waals surface area contributed by atoms with E-state index < -0.39 is 5.97 Å². The number of nitrogens with zero attached hydrogens (tertiary/aromatic N) is 2. The van der Waals surface area contributed by atoms with E-state index in [9.17, 15) is 4.79 Å². The Kier molecular flexibility index (Phi) is 3.17. The number of aromatic nitrogens is 1. The fraction of sp³-hybridized carbons (Fsp3) is 0.222. The van der Waals surface area contributed by atoms with Crippen molar-refractivity contribution in [1.29, 1.82) is 0 Å². The van der Waals surface area contributed by atoms with Crippen molar-refractivity contribution in [3.05, 3.63) is 29.6 Å². The zero-order valence-corrected chi connectivity index (χ0v) is 7.89. The predicted molar refractivity (Wildman–Crippen MR) is 49.3 cm³/mol. The van der Waals surface area contributed by atoms with Crippen LogP contribution in [0.3, 0.4) is 0 Å². The third-order valence-electron chi connectivity index (χ3n) is 1.61. The van der Waals surface area contributed by atoms with E-state index in [0.29, 0.717) is 5.69 Å². The maximum atomic E-state index is 11.1. The minimum atomic E-state index is -0.717. The predicted octanol–water partition coefficient (Wildman–Crippen LogP) is 0.741. The van der Waals surface area contributed by atoms with Gasteiger partial charge in [0.05, 0.1) is 12.8 Å². The minimum absolute atomic E-state index is 0.198. The van der Waals surface area contributed by atoms with Gasteiger partial charge in [0, 0.05) is 5.69 Å². The lowest BCUT2D eigenvalue weighted by molar-refractivity contribution is -0.132. The van der Waals surface area contributed by atoms with Crippen molar-refractivity contribution in [1.82, 2.24) is 4.98 Å². The number of hydrogen-bond acceptors (Lipinski definition) is 5. The first-order valence-electron chi connectivity index (χ1n) is 3.93. The smallest absolute Gasteiger partial charge is 0.362 e. The van der Waals surface area contributed by atoms with E-state index in [1.54, 1.807) is 25.1 Å². The summed E-state index contributed by atoms with van der Waals surface area (Å²) in [7, 11) is 1.21. The van der Waals surface area contributed by atoms with Gasteiger partial charge in [0.25, 0.3) is 0 Å². The molecular formula is C9H10N2O3. The largest absolute Gasteiger partial charge is 0.464 e. The Morgan fingerprint density at radius 1 is 1.57 bits per heavy atom. The Labute approximate surface area is 81.0 Å².